The average molecular weight is 997 g/mol. The average Bonchev–Trinajstić information content (AvgIpc) is 3.83. The Balaban J connectivity index is 0.973. The second-order valence-corrected chi connectivity index (χ2v) is 17.7. The third kappa shape index (κ3) is 15.6. The Morgan fingerprint density at radius 1 is 1.03 bits per heavy atom. The summed E-state index contributed by atoms with van der Waals surface area (Å²) in [6, 6.07) is 15.0. The zero-order chi connectivity index (χ0) is 51.3. The summed E-state index contributed by atoms with van der Waals surface area (Å²) in [7, 11) is 1.55. The van der Waals surface area contributed by atoms with Crippen molar-refractivity contribution in [2.75, 3.05) is 82.3 Å². The van der Waals surface area contributed by atoms with Gasteiger partial charge in [-0.1, -0.05) is 23.4 Å². The van der Waals surface area contributed by atoms with Crippen LogP contribution in [0.15, 0.2) is 89.5 Å². The SMILES string of the molecule is C=CCCC(C(=O)NC)N(C)C(=O)c1c(C=O)cccc1NCCOCCOCCn1cc(COCCNS(=O)c2ccc(Nc3ncc(F)c(-c4cc(C)c(N=C)c(N(CC)C(C)C)c4)n3)cc2)nn1. The molecule has 0 bridgehead atoms. The molecule has 2 unspecified atom stereocenters. The van der Waals surface area contributed by atoms with E-state index < -0.39 is 28.8 Å². The van der Waals surface area contributed by atoms with Crippen LogP contribution in [0, 0.1) is 12.7 Å². The molecule has 5 aromatic rings. The zero-order valence-electron chi connectivity index (χ0n) is 41.3. The van der Waals surface area contributed by atoms with Gasteiger partial charge in [-0.3, -0.25) is 19.4 Å². The van der Waals surface area contributed by atoms with E-state index in [9.17, 15) is 18.6 Å². The molecule has 0 radical (unpaired) electrons. The Morgan fingerprint density at radius 3 is 2.46 bits per heavy atom. The van der Waals surface area contributed by atoms with Gasteiger partial charge in [0.1, 0.15) is 28.4 Å². The third-order valence-corrected chi connectivity index (χ3v) is 12.4. The summed E-state index contributed by atoms with van der Waals surface area (Å²) in [4.78, 5) is 55.1. The summed E-state index contributed by atoms with van der Waals surface area (Å²) in [5, 5.41) is 17.2. The van der Waals surface area contributed by atoms with Gasteiger partial charge in [0.25, 0.3) is 5.91 Å². The van der Waals surface area contributed by atoms with Crippen molar-refractivity contribution in [3.63, 3.8) is 0 Å². The third-order valence-electron chi connectivity index (χ3n) is 11.2. The van der Waals surface area contributed by atoms with Crippen molar-refractivity contribution in [3.05, 3.63) is 108 Å². The molecule has 71 heavy (non-hydrogen) atoms. The highest BCUT2D eigenvalue weighted by atomic mass is 32.2. The van der Waals surface area contributed by atoms with Crippen molar-refractivity contribution < 1.29 is 37.2 Å². The number of nitrogens with one attached hydrogen (secondary N) is 4. The topological polar surface area (TPSA) is 219 Å². The highest BCUT2D eigenvalue weighted by Gasteiger charge is 2.29. The highest BCUT2D eigenvalue weighted by Crippen LogP contribution is 2.38. The van der Waals surface area contributed by atoms with Gasteiger partial charge in [-0.05, 0) is 95.3 Å². The van der Waals surface area contributed by atoms with Gasteiger partial charge in [-0.25, -0.2) is 28.0 Å². The minimum atomic E-state index is -1.50. The maximum atomic E-state index is 15.2. The summed E-state index contributed by atoms with van der Waals surface area (Å²) in [6.07, 6.45) is 6.14. The number of allylic oxidation sites excluding steroid dienone is 1. The molecule has 0 aliphatic carbocycles. The lowest BCUT2D eigenvalue weighted by molar-refractivity contribution is -0.125. The number of hydrogen-bond acceptors (Lipinski definition) is 15. The molecule has 0 fully saturated rings. The number of amides is 2. The van der Waals surface area contributed by atoms with Gasteiger partial charge in [0, 0.05) is 62.3 Å². The minimum absolute atomic E-state index is 0.150. The van der Waals surface area contributed by atoms with Crippen molar-refractivity contribution in [1.29, 1.82) is 0 Å². The van der Waals surface area contributed by atoms with Crippen LogP contribution in [0.4, 0.5) is 33.1 Å². The lowest BCUT2D eigenvalue weighted by Gasteiger charge is -2.29. The standard InChI is InChI=1S/C50H65FN12O7S/c1-9-11-15-43(48(65)53-7)61(8)49(66)45-36(32-64)13-12-14-42(45)54-20-23-68-26-27-69-25-22-62-31-39(59-60-62)33-70-24-21-56-71(67)40-18-16-38(17-19-40)57-50-55-30-41(51)47(58-50)37-28-35(5)46(52-6)44(29-37)63(10-2)34(3)4/h9,12-14,16-19,28-32,34,43,54,56H,1,6,10-11,15,20-27,33H2,2-5,7-8H3,(H,53,65)(H,55,57,58). The number of rotatable bonds is 31. The van der Waals surface area contributed by atoms with Crippen LogP contribution in [0.3, 0.4) is 0 Å². The monoisotopic (exact) mass is 996 g/mol. The second kappa shape index (κ2) is 28.2. The van der Waals surface area contributed by atoms with E-state index in [1.807, 2.05) is 19.1 Å². The quantitative estimate of drug-likeness (QED) is 0.0163. The van der Waals surface area contributed by atoms with Crippen LogP contribution < -0.4 is 25.6 Å². The van der Waals surface area contributed by atoms with Crippen LogP contribution in [0.2, 0.25) is 0 Å². The summed E-state index contributed by atoms with van der Waals surface area (Å²) >= 11 is 0. The van der Waals surface area contributed by atoms with Crippen LogP contribution in [0.25, 0.3) is 11.3 Å². The Labute approximate surface area is 417 Å². The van der Waals surface area contributed by atoms with Gasteiger partial charge < -0.3 is 40.0 Å². The van der Waals surface area contributed by atoms with Crippen molar-refractivity contribution in [3.8, 4) is 11.3 Å². The largest absolute Gasteiger partial charge is 0.382 e. The maximum absolute atomic E-state index is 15.2. The number of benzene rings is 3. The smallest absolute Gasteiger partial charge is 0.257 e. The number of aromatic nitrogens is 5. The predicted octanol–water partition coefficient (Wildman–Crippen LogP) is 6.43. The van der Waals surface area contributed by atoms with Gasteiger partial charge >= 0.3 is 0 Å². The normalized spacial score (nSPS) is 12.0. The molecule has 0 saturated carbocycles. The number of anilines is 4. The van der Waals surface area contributed by atoms with E-state index >= 15 is 4.39 Å². The molecule has 2 amide bonds. The number of aryl methyl sites for hydroxylation is 1. The van der Waals surface area contributed by atoms with E-state index in [0.717, 1.165) is 29.7 Å². The first-order valence-electron chi connectivity index (χ1n) is 23.3. The van der Waals surface area contributed by atoms with E-state index in [-0.39, 0.29) is 47.9 Å². The number of halogens is 1. The van der Waals surface area contributed by atoms with Gasteiger partial charge in [-0.2, -0.15) is 0 Å². The van der Waals surface area contributed by atoms with Gasteiger partial charge in [0.15, 0.2) is 12.1 Å². The van der Waals surface area contributed by atoms with E-state index in [1.54, 1.807) is 66.5 Å². The number of ether oxygens (including phenoxy) is 3. The van der Waals surface area contributed by atoms with Gasteiger partial charge in [0.2, 0.25) is 11.9 Å². The molecule has 21 heteroatoms. The zero-order valence-corrected chi connectivity index (χ0v) is 42.1. The summed E-state index contributed by atoms with van der Waals surface area (Å²) in [6.45, 7) is 19.3. The van der Waals surface area contributed by atoms with Gasteiger partial charge in [-0.15, -0.1) is 11.7 Å². The highest BCUT2D eigenvalue weighted by molar-refractivity contribution is 7.83. The number of hydrogen-bond donors (Lipinski definition) is 4. The molecule has 0 aliphatic heterocycles. The number of aliphatic imine (C=N–C) groups is 1. The number of nitrogens with zero attached hydrogens (tertiary/aromatic N) is 8. The van der Waals surface area contributed by atoms with Gasteiger partial charge in [0.05, 0.1) is 80.4 Å². The van der Waals surface area contributed by atoms with Crippen molar-refractivity contribution in [2.24, 2.45) is 4.99 Å². The molecular weight excluding hydrogens is 932 g/mol. The second-order valence-electron chi connectivity index (χ2n) is 16.4. The Morgan fingerprint density at radius 2 is 1.77 bits per heavy atom. The molecule has 0 spiro atoms. The Hall–Kier alpha value is -6.78. The molecule has 2 aromatic heterocycles. The molecule has 2 heterocycles. The minimum Gasteiger partial charge on any atom is -0.382 e. The summed E-state index contributed by atoms with van der Waals surface area (Å²) in [5.74, 6) is -1.11. The fourth-order valence-electron chi connectivity index (χ4n) is 7.59. The first kappa shape index (κ1) is 55.2. The molecule has 380 valence electrons. The molecule has 0 saturated heterocycles. The lowest BCUT2D eigenvalue weighted by atomic mass is 10.0. The molecule has 3 aromatic carbocycles. The van der Waals surface area contributed by atoms with Crippen LogP contribution in [-0.2, 0) is 43.1 Å². The van der Waals surface area contributed by atoms with Crippen LogP contribution in [0.1, 0.15) is 65.6 Å². The molecule has 4 N–H and O–H groups in total. The summed E-state index contributed by atoms with van der Waals surface area (Å²) < 4.78 is 49.9. The van der Waals surface area contributed by atoms with Crippen LogP contribution in [0.5, 0.6) is 0 Å². The van der Waals surface area contributed by atoms with Crippen molar-refractivity contribution in [1.82, 2.24) is 39.9 Å². The number of carbonyl (C=O) groups is 3. The van der Waals surface area contributed by atoms with E-state index in [1.165, 1.54) is 11.9 Å². The van der Waals surface area contributed by atoms with Crippen LogP contribution in [-0.4, -0.2) is 138 Å². The lowest BCUT2D eigenvalue weighted by Crippen LogP contribution is -2.47. The first-order chi connectivity index (χ1) is 34.3. The van der Waals surface area contributed by atoms with Crippen molar-refractivity contribution in [2.45, 2.75) is 70.7 Å². The van der Waals surface area contributed by atoms with E-state index in [0.29, 0.717) is 92.7 Å². The maximum Gasteiger partial charge on any atom is 0.257 e. The fourth-order valence-corrected chi connectivity index (χ4v) is 8.41. The number of aldehydes is 1. The fraction of sp³-hybridized carbons (Fsp3) is 0.400. The van der Waals surface area contributed by atoms with Crippen molar-refractivity contribution >= 4 is 64.5 Å². The Kier molecular flexibility index (Phi) is 21.9. The van der Waals surface area contributed by atoms with E-state index in [4.69, 9.17) is 14.2 Å². The predicted molar refractivity (Wildman–Crippen MR) is 275 cm³/mol. The number of likely N-dealkylation sites (N-methyl/N-ethyl adjacent to an activating group) is 2. The molecule has 5 rings (SSSR count). The van der Waals surface area contributed by atoms with Crippen LogP contribution >= 0.6 is 0 Å². The van der Waals surface area contributed by atoms with E-state index in [2.05, 4.69) is 84.9 Å². The summed E-state index contributed by atoms with van der Waals surface area (Å²) in [5.41, 5.74) is 5.31. The molecule has 0 aliphatic rings. The number of carbonyl (C=O) groups excluding carboxylic acids is 3. The molecular formula is C50H65FN12O7S. The Bertz CT molecular complexity index is 2600. The first-order valence-corrected chi connectivity index (χ1v) is 24.5. The molecule has 19 nitrogen and oxygen atoms in total. The molecule has 2 atom stereocenters.